The molecule has 2 aromatic heterocycles. The summed E-state index contributed by atoms with van der Waals surface area (Å²) in [7, 11) is 0. The van der Waals surface area contributed by atoms with E-state index in [1.54, 1.807) is 0 Å². The molecule has 0 aliphatic carbocycles. The van der Waals surface area contributed by atoms with Gasteiger partial charge in [0.2, 0.25) is 0 Å². The first-order valence-electron chi connectivity index (χ1n) is 11.3. The second kappa shape index (κ2) is 7.61. The Hall–Kier alpha value is -2.89. The van der Waals surface area contributed by atoms with Crippen molar-refractivity contribution in [2.24, 2.45) is 0 Å². The number of aryl methyl sites for hydroxylation is 2. The average molecular weight is 431 g/mol. The van der Waals surface area contributed by atoms with Crippen molar-refractivity contribution in [3.05, 3.63) is 70.2 Å². The Kier molecular flexibility index (Phi) is 4.70. The lowest BCUT2D eigenvalue weighted by molar-refractivity contribution is -0.118. The lowest BCUT2D eigenvalue weighted by Crippen LogP contribution is -2.07. The summed E-state index contributed by atoms with van der Waals surface area (Å²) in [6, 6.07) is 12.2. The van der Waals surface area contributed by atoms with Gasteiger partial charge >= 0.3 is 0 Å². The van der Waals surface area contributed by atoms with Crippen molar-refractivity contribution < 1.29 is 23.1 Å². The van der Waals surface area contributed by atoms with E-state index >= 15 is 0 Å². The largest absolute Gasteiger partial charge is 0.460 e. The molecule has 0 amide bonds. The molecule has 0 saturated carbocycles. The van der Waals surface area contributed by atoms with E-state index < -0.39 is 0 Å². The molecule has 0 unspecified atom stereocenters. The zero-order chi connectivity index (χ0) is 21.8. The van der Waals surface area contributed by atoms with E-state index in [2.05, 4.69) is 12.1 Å². The molecule has 0 radical (unpaired) electrons. The van der Waals surface area contributed by atoms with E-state index in [0.29, 0.717) is 12.2 Å². The maximum absolute atomic E-state index is 13.0. The number of Topliss-reactive ketones (excluding diaryl/α,β-unsaturated/α-hetero) is 1. The summed E-state index contributed by atoms with van der Waals surface area (Å²) in [6.07, 6.45) is 2.92. The highest BCUT2D eigenvalue weighted by Gasteiger charge is 2.27. The van der Waals surface area contributed by atoms with Gasteiger partial charge in [0.1, 0.15) is 28.5 Å². The molecule has 2 saturated heterocycles. The Morgan fingerprint density at radius 1 is 0.781 bits per heavy atom. The van der Waals surface area contributed by atoms with E-state index in [1.165, 1.54) is 11.1 Å². The maximum atomic E-state index is 13.0. The summed E-state index contributed by atoms with van der Waals surface area (Å²) in [4.78, 5) is 13.0. The molecule has 2 aliphatic heterocycles. The second-order valence-electron chi connectivity index (χ2n) is 9.09. The van der Waals surface area contributed by atoms with Crippen molar-refractivity contribution >= 4 is 27.7 Å². The number of ether oxygens (including phenoxy) is 2. The zero-order valence-electron chi connectivity index (χ0n) is 18.4. The predicted octanol–water partition coefficient (Wildman–Crippen LogP) is 5.03. The number of hydrogen-bond donors (Lipinski definition) is 0. The summed E-state index contributed by atoms with van der Waals surface area (Å²) >= 11 is 0. The molecule has 164 valence electrons. The predicted molar refractivity (Wildman–Crippen MR) is 121 cm³/mol. The number of carbonyl (C=O) groups excluding carboxylic acids is 1. The number of carbonyl (C=O) groups is 1. The van der Waals surface area contributed by atoms with Crippen LogP contribution in [0.4, 0.5) is 0 Å². The molecule has 0 spiro atoms. The number of benzene rings is 2. The standard InChI is InChI=1S/C27H26O5/c1-15-24(31-22-7-3-5-17(26(15)22)9-20-13-29-20)11-19(28)12-25-16(2)27-18(10-21-14-30-21)6-4-8-23(27)32-25/h3-8,20-21H,9-14H2,1-2H3/t20-,21-/m0/s1. The Morgan fingerprint density at radius 2 is 1.22 bits per heavy atom. The first-order valence-corrected chi connectivity index (χ1v) is 11.3. The van der Waals surface area contributed by atoms with Gasteiger partial charge in [-0.05, 0) is 48.2 Å². The third kappa shape index (κ3) is 3.65. The van der Waals surface area contributed by atoms with Crippen LogP contribution in [0.2, 0.25) is 0 Å². The fourth-order valence-corrected chi connectivity index (χ4v) is 4.83. The van der Waals surface area contributed by atoms with E-state index in [1.807, 2.05) is 38.1 Å². The molecule has 4 aromatic rings. The van der Waals surface area contributed by atoms with Crippen LogP contribution in [-0.2, 0) is 40.0 Å². The highest BCUT2D eigenvalue weighted by molar-refractivity contribution is 5.91. The molecule has 32 heavy (non-hydrogen) atoms. The highest BCUT2D eigenvalue weighted by Crippen LogP contribution is 2.33. The first kappa shape index (κ1) is 19.8. The molecule has 5 nitrogen and oxygen atoms in total. The molecular formula is C27H26O5. The Labute approximate surface area is 186 Å². The molecule has 2 aromatic carbocycles. The van der Waals surface area contributed by atoms with Gasteiger partial charge in [-0.1, -0.05) is 24.3 Å². The van der Waals surface area contributed by atoms with E-state index in [0.717, 1.165) is 70.6 Å². The van der Waals surface area contributed by atoms with E-state index in [4.69, 9.17) is 18.3 Å². The SMILES string of the molecule is Cc1c(CC(=O)Cc2oc3cccc(C[C@H]4CO4)c3c2C)oc2cccc(C[C@H]3CO3)c12. The third-order valence-electron chi connectivity index (χ3n) is 6.69. The van der Waals surface area contributed by atoms with Crippen LogP contribution in [0.25, 0.3) is 21.9 Å². The van der Waals surface area contributed by atoms with Gasteiger partial charge < -0.3 is 18.3 Å². The average Bonchev–Trinajstić information content (AvgIpc) is 3.69. The topological polar surface area (TPSA) is 68.4 Å². The van der Waals surface area contributed by atoms with Crippen LogP contribution in [0.15, 0.2) is 45.2 Å². The van der Waals surface area contributed by atoms with Gasteiger partial charge in [-0.3, -0.25) is 4.79 Å². The van der Waals surface area contributed by atoms with Crippen molar-refractivity contribution in [1.29, 1.82) is 0 Å². The number of ketones is 1. The van der Waals surface area contributed by atoms with Crippen LogP contribution in [0.5, 0.6) is 0 Å². The van der Waals surface area contributed by atoms with Crippen molar-refractivity contribution in [1.82, 2.24) is 0 Å². The van der Waals surface area contributed by atoms with Crippen molar-refractivity contribution in [3.8, 4) is 0 Å². The monoisotopic (exact) mass is 430 g/mol. The van der Waals surface area contributed by atoms with Crippen LogP contribution in [0, 0.1) is 13.8 Å². The summed E-state index contributed by atoms with van der Waals surface area (Å²) in [5.74, 6) is 1.58. The lowest BCUT2D eigenvalue weighted by atomic mass is 9.99. The fourth-order valence-electron chi connectivity index (χ4n) is 4.83. The minimum Gasteiger partial charge on any atom is -0.460 e. The normalized spacial score (nSPS) is 19.7. The second-order valence-corrected chi connectivity index (χ2v) is 9.09. The van der Waals surface area contributed by atoms with E-state index in [-0.39, 0.29) is 18.6 Å². The molecule has 2 atom stereocenters. The van der Waals surface area contributed by atoms with Gasteiger partial charge in [0.25, 0.3) is 0 Å². The minimum absolute atomic E-state index is 0.0912. The van der Waals surface area contributed by atoms with Gasteiger partial charge in [0.05, 0.1) is 38.3 Å². The molecular weight excluding hydrogens is 404 g/mol. The number of epoxide rings is 2. The van der Waals surface area contributed by atoms with Crippen molar-refractivity contribution in [2.75, 3.05) is 13.2 Å². The smallest absolute Gasteiger partial charge is 0.147 e. The van der Waals surface area contributed by atoms with Crippen LogP contribution in [-0.4, -0.2) is 31.2 Å². The van der Waals surface area contributed by atoms with Gasteiger partial charge in [-0.2, -0.15) is 0 Å². The van der Waals surface area contributed by atoms with Gasteiger partial charge in [0, 0.05) is 23.6 Å². The Bertz CT molecular complexity index is 1230. The van der Waals surface area contributed by atoms with Crippen LogP contribution in [0.3, 0.4) is 0 Å². The number of hydrogen-bond acceptors (Lipinski definition) is 5. The van der Waals surface area contributed by atoms with Crippen LogP contribution < -0.4 is 0 Å². The summed E-state index contributed by atoms with van der Waals surface area (Å²) in [5.41, 5.74) is 6.25. The number of fused-ring (bicyclic) bond motifs is 2. The first-order chi connectivity index (χ1) is 15.6. The van der Waals surface area contributed by atoms with Crippen molar-refractivity contribution in [2.45, 2.75) is 51.7 Å². The lowest BCUT2D eigenvalue weighted by Gasteiger charge is -2.02. The van der Waals surface area contributed by atoms with Gasteiger partial charge in [0.15, 0.2) is 0 Å². The molecule has 2 fully saturated rings. The molecule has 2 aliphatic rings. The van der Waals surface area contributed by atoms with Crippen LogP contribution >= 0.6 is 0 Å². The molecule has 0 N–H and O–H groups in total. The zero-order valence-corrected chi connectivity index (χ0v) is 18.4. The highest BCUT2D eigenvalue weighted by atomic mass is 16.6. The molecule has 4 heterocycles. The summed E-state index contributed by atoms with van der Waals surface area (Å²) < 4.78 is 23.0. The maximum Gasteiger partial charge on any atom is 0.147 e. The van der Waals surface area contributed by atoms with Crippen LogP contribution in [0.1, 0.15) is 33.8 Å². The minimum atomic E-state index is 0.0912. The van der Waals surface area contributed by atoms with E-state index in [9.17, 15) is 4.79 Å². The van der Waals surface area contributed by atoms with Gasteiger partial charge in [-0.15, -0.1) is 0 Å². The molecule has 5 heteroatoms. The van der Waals surface area contributed by atoms with Gasteiger partial charge in [-0.25, -0.2) is 0 Å². The summed E-state index contributed by atoms with van der Waals surface area (Å²) in [6.45, 7) is 5.74. The molecule has 6 rings (SSSR count). The number of rotatable bonds is 8. The quantitative estimate of drug-likeness (QED) is 0.367. The fraction of sp³-hybridized carbons (Fsp3) is 0.370. The Balaban J connectivity index is 1.25. The molecule has 0 bridgehead atoms. The summed E-state index contributed by atoms with van der Waals surface area (Å²) in [5, 5.41) is 2.25. The number of furan rings is 2. The Morgan fingerprint density at radius 3 is 1.62 bits per heavy atom. The third-order valence-corrected chi connectivity index (χ3v) is 6.69. The van der Waals surface area contributed by atoms with Crippen molar-refractivity contribution in [3.63, 3.8) is 0 Å².